The third-order valence-corrected chi connectivity index (χ3v) is 11.3. The monoisotopic (exact) mass is 627 g/mol. The topological polar surface area (TPSA) is 108 Å². The molecule has 234 valence electrons. The van der Waals surface area contributed by atoms with Crippen molar-refractivity contribution in [1.29, 1.82) is 0 Å². The van der Waals surface area contributed by atoms with Crippen LogP contribution >= 0.6 is 11.8 Å². The van der Waals surface area contributed by atoms with Crippen molar-refractivity contribution in [2.24, 2.45) is 0 Å². The second kappa shape index (κ2) is 11.1. The first kappa shape index (κ1) is 29.7. The minimum atomic E-state index is -1.54. The van der Waals surface area contributed by atoms with Crippen molar-refractivity contribution in [2.45, 2.75) is 68.1 Å². The Morgan fingerprint density at radius 1 is 1.07 bits per heavy atom. The fourth-order valence-electron chi connectivity index (χ4n) is 7.46. The maximum absolute atomic E-state index is 14.1. The van der Waals surface area contributed by atoms with Gasteiger partial charge in [-0.15, -0.1) is 11.8 Å². The van der Waals surface area contributed by atoms with Gasteiger partial charge in [-0.1, -0.05) is 66.7 Å². The van der Waals surface area contributed by atoms with Crippen molar-refractivity contribution >= 4 is 29.5 Å². The van der Waals surface area contributed by atoms with Gasteiger partial charge < -0.3 is 29.7 Å². The smallest absolute Gasteiger partial charge is 0.258 e. The summed E-state index contributed by atoms with van der Waals surface area (Å²) in [5, 5.41) is 14.8. The van der Waals surface area contributed by atoms with Crippen molar-refractivity contribution in [2.75, 3.05) is 19.1 Å². The zero-order valence-corrected chi connectivity index (χ0v) is 26.4. The molecule has 6 atom stereocenters. The third kappa shape index (κ3) is 4.77. The number of carbonyl (C=O) groups excluding carboxylic acids is 3. The highest BCUT2D eigenvalue weighted by Crippen LogP contribution is 2.58. The van der Waals surface area contributed by atoms with E-state index in [-0.39, 0.29) is 30.4 Å². The number of nitrogens with one attached hydrogen (secondary N) is 1. The second-order valence-electron chi connectivity index (χ2n) is 12.6. The molecule has 45 heavy (non-hydrogen) atoms. The normalized spacial score (nSPS) is 28.7. The molecule has 10 heteroatoms. The number of nitrogens with zero attached hydrogens (tertiary/aromatic N) is 2. The van der Waals surface area contributed by atoms with Gasteiger partial charge in [0.25, 0.3) is 11.8 Å². The minimum Gasteiger partial charge on any atom is -0.493 e. The number of carbonyl (C=O) groups is 3. The standard InChI is InChI=1S/C35H37N3O6S/c1-21-10-9-11-22(2)29(21)44-19-28(39)36-35(18-25(35)23-12-5-4-6-13-23)31(40)33(42)37-20-45-34(3)30(37)32(41)38(34)26-16-17-43-27-15-8-7-14-24(26)27/h4-15,25-26,30-31,40H,16-20H2,1-3H3,(H,36,39)/t25-,26-,30+,31+,34?,35+/m0/s1. The molecular formula is C35H37N3O6S. The van der Waals surface area contributed by atoms with E-state index in [2.05, 4.69) is 5.32 Å². The van der Waals surface area contributed by atoms with E-state index in [1.54, 1.807) is 0 Å². The lowest BCUT2D eigenvalue weighted by Gasteiger charge is -2.56. The van der Waals surface area contributed by atoms with Gasteiger partial charge in [0.15, 0.2) is 12.7 Å². The lowest BCUT2D eigenvalue weighted by molar-refractivity contribution is -0.172. The highest BCUT2D eigenvalue weighted by molar-refractivity contribution is 8.01. The van der Waals surface area contributed by atoms with Gasteiger partial charge >= 0.3 is 0 Å². The van der Waals surface area contributed by atoms with Crippen molar-refractivity contribution in [3.63, 3.8) is 0 Å². The lowest BCUT2D eigenvalue weighted by Crippen LogP contribution is -2.74. The molecule has 0 spiro atoms. The SMILES string of the molecule is Cc1cccc(C)c1OCC(=O)N[C@]1([C@H](O)C(=O)N2CSC3(C)[C@H]2C(=O)N3[C@H]2CCOc3ccccc32)C[C@H]1c1ccccc1. The first-order chi connectivity index (χ1) is 21.7. The van der Waals surface area contributed by atoms with Crippen LogP contribution in [0.5, 0.6) is 11.5 Å². The predicted octanol–water partition coefficient (Wildman–Crippen LogP) is 4.07. The van der Waals surface area contributed by atoms with Crippen molar-refractivity contribution in [1.82, 2.24) is 15.1 Å². The van der Waals surface area contributed by atoms with Gasteiger partial charge in [0, 0.05) is 17.9 Å². The number of hydrogen-bond donors (Lipinski definition) is 2. The summed E-state index contributed by atoms with van der Waals surface area (Å²) < 4.78 is 11.7. The number of benzene rings is 3. The zero-order valence-electron chi connectivity index (χ0n) is 25.6. The van der Waals surface area contributed by atoms with Gasteiger partial charge in [-0.2, -0.15) is 0 Å². The molecule has 1 aliphatic carbocycles. The number of amides is 3. The summed E-state index contributed by atoms with van der Waals surface area (Å²) >= 11 is 1.53. The Labute approximate surface area is 266 Å². The summed E-state index contributed by atoms with van der Waals surface area (Å²) in [6, 6.07) is 22.3. The molecule has 2 N–H and O–H groups in total. The molecule has 3 heterocycles. The Morgan fingerprint density at radius 3 is 2.53 bits per heavy atom. The first-order valence-corrected chi connectivity index (χ1v) is 16.4. The molecule has 3 amide bonds. The Morgan fingerprint density at radius 2 is 1.78 bits per heavy atom. The number of para-hydroxylation sites is 2. The van der Waals surface area contributed by atoms with Crippen LogP contribution in [-0.4, -0.2) is 74.3 Å². The first-order valence-electron chi connectivity index (χ1n) is 15.4. The highest BCUT2D eigenvalue weighted by atomic mass is 32.2. The second-order valence-corrected chi connectivity index (χ2v) is 14.0. The zero-order chi connectivity index (χ0) is 31.5. The fraction of sp³-hybridized carbons (Fsp3) is 0.400. The molecule has 1 unspecified atom stereocenters. The van der Waals surface area contributed by atoms with Crippen molar-refractivity contribution in [3.05, 3.63) is 95.1 Å². The number of likely N-dealkylation sites (tertiary alicyclic amines) is 1. The van der Waals surface area contributed by atoms with Gasteiger partial charge in [-0.25, -0.2) is 0 Å². The molecule has 3 aromatic carbocycles. The Hall–Kier alpha value is -4.02. The van der Waals surface area contributed by atoms with Crippen LogP contribution in [0.4, 0.5) is 0 Å². The molecule has 9 nitrogen and oxygen atoms in total. The number of aliphatic hydroxyl groups excluding tert-OH is 1. The van der Waals surface area contributed by atoms with Crippen molar-refractivity contribution in [3.8, 4) is 11.5 Å². The van der Waals surface area contributed by atoms with Gasteiger partial charge in [-0.3, -0.25) is 14.4 Å². The molecule has 4 aliphatic rings. The Kier molecular flexibility index (Phi) is 7.32. The van der Waals surface area contributed by atoms with Crippen LogP contribution in [0.3, 0.4) is 0 Å². The summed E-state index contributed by atoms with van der Waals surface area (Å²) in [5.74, 6) is 0.303. The number of β-lactam (4-membered cyclic amide) rings is 1. The van der Waals surface area contributed by atoms with E-state index in [0.717, 1.165) is 28.0 Å². The minimum absolute atomic E-state index is 0.139. The molecule has 3 aromatic rings. The molecule has 3 aliphatic heterocycles. The molecule has 0 bridgehead atoms. The van der Waals surface area contributed by atoms with Gasteiger partial charge in [0.05, 0.1) is 24.1 Å². The molecule has 7 rings (SSSR count). The molecule has 1 saturated carbocycles. The molecule has 0 radical (unpaired) electrons. The summed E-state index contributed by atoms with van der Waals surface area (Å²) in [7, 11) is 0. The third-order valence-electron chi connectivity index (χ3n) is 9.84. The highest BCUT2D eigenvalue weighted by Gasteiger charge is 2.69. The lowest BCUT2D eigenvalue weighted by atomic mass is 9.87. The number of fused-ring (bicyclic) bond motifs is 2. The molecular weight excluding hydrogens is 590 g/mol. The maximum atomic E-state index is 14.1. The van der Waals surface area contributed by atoms with Crippen LogP contribution in [0.25, 0.3) is 0 Å². The van der Waals surface area contributed by atoms with Crippen LogP contribution in [0.1, 0.15) is 54.0 Å². The van der Waals surface area contributed by atoms with Crippen LogP contribution < -0.4 is 14.8 Å². The Balaban J connectivity index is 1.10. The molecule has 3 fully saturated rings. The maximum Gasteiger partial charge on any atom is 0.258 e. The number of ether oxygens (including phenoxy) is 2. The van der Waals surface area contributed by atoms with Crippen molar-refractivity contribution < 1.29 is 29.0 Å². The average molecular weight is 628 g/mol. The quantitative estimate of drug-likeness (QED) is 0.363. The van der Waals surface area contributed by atoms with E-state index in [1.165, 1.54) is 16.7 Å². The number of rotatable bonds is 8. The van der Waals surface area contributed by atoms with E-state index in [0.29, 0.717) is 25.2 Å². The summed E-state index contributed by atoms with van der Waals surface area (Å²) in [6.07, 6.45) is -0.485. The summed E-state index contributed by atoms with van der Waals surface area (Å²) in [4.78, 5) is 44.0. The number of aliphatic hydroxyl groups is 1. The van der Waals surface area contributed by atoms with Crippen LogP contribution in [0.2, 0.25) is 0 Å². The number of thioether (sulfide) groups is 1. The van der Waals surface area contributed by atoms with Gasteiger partial charge in [0.1, 0.15) is 22.4 Å². The van der Waals surface area contributed by atoms with Crippen LogP contribution in [-0.2, 0) is 14.4 Å². The van der Waals surface area contributed by atoms with Crippen LogP contribution in [0.15, 0.2) is 72.8 Å². The summed E-state index contributed by atoms with van der Waals surface area (Å²) in [6.45, 7) is 6.09. The molecule has 2 saturated heterocycles. The molecule has 0 aromatic heterocycles. The van der Waals surface area contributed by atoms with Gasteiger partial charge in [-0.05, 0) is 49.9 Å². The van der Waals surface area contributed by atoms with E-state index in [4.69, 9.17) is 9.47 Å². The van der Waals surface area contributed by atoms with E-state index < -0.39 is 34.4 Å². The van der Waals surface area contributed by atoms with E-state index >= 15 is 0 Å². The largest absolute Gasteiger partial charge is 0.493 e. The number of aryl methyl sites for hydroxylation is 2. The van der Waals surface area contributed by atoms with E-state index in [1.807, 2.05) is 98.5 Å². The van der Waals surface area contributed by atoms with Crippen LogP contribution in [0, 0.1) is 13.8 Å². The van der Waals surface area contributed by atoms with E-state index in [9.17, 15) is 19.5 Å². The summed E-state index contributed by atoms with van der Waals surface area (Å²) in [5.41, 5.74) is 2.51. The number of hydrogen-bond acceptors (Lipinski definition) is 7. The Bertz CT molecular complexity index is 1650. The van der Waals surface area contributed by atoms with Gasteiger partial charge in [0.2, 0.25) is 5.91 Å². The predicted molar refractivity (Wildman–Crippen MR) is 170 cm³/mol. The fourth-order valence-corrected chi connectivity index (χ4v) is 8.88. The average Bonchev–Trinajstić information content (AvgIpc) is 3.68.